The number of benzene rings is 3. The van der Waals surface area contributed by atoms with Crippen molar-refractivity contribution in [3.8, 4) is 17.2 Å². The van der Waals surface area contributed by atoms with E-state index in [-0.39, 0.29) is 12.2 Å². The van der Waals surface area contributed by atoms with Gasteiger partial charge in [-0.25, -0.2) is 0 Å². The van der Waals surface area contributed by atoms with Crippen LogP contribution in [0.4, 0.5) is 13.2 Å². The summed E-state index contributed by atoms with van der Waals surface area (Å²) in [5.74, 6) is 3.01. The Morgan fingerprint density at radius 3 is 2.42 bits per heavy atom. The normalized spacial score (nSPS) is 21.2. The van der Waals surface area contributed by atoms with E-state index < -0.39 is 11.7 Å². The lowest BCUT2D eigenvalue weighted by Gasteiger charge is -2.15. The molecule has 0 radical (unpaired) electrons. The number of alkyl halides is 3. The van der Waals surface area contributed by atoms with E-state index in [1.165, 1.54) is 31.6 Å². The van der Waals surface area contributed by atoms with Crippen LogP contribution in [0.2, 0.25) is 0 Å². The molecule has 2 aliphatic rings. The van der Waals surface area contributed by atoms with E-state index in [1.54, 1.807) is 11.3 Å². The summed E-state index contributed by atoms with van der Waals surface area (Å²) in [5, 5.41) is 0.990. The van der Waals surface area contributed by atoms with Crippen LogP contribution in [0.15, 0.2) is 66.7 Å². The van der Waals surface area contributed by atoms with Gasteiger partial charge in [0.15, 0.2) is 5.75 Å². The molecule has 0 bridgehead atoms. The molecule has 0 amide bonds. The van der Waals surface area contributed by atoms with E-state index >= 15 is 0 Å². The predicted molar refractivity (Wildman–Crippen MR) is 151 cm³/mol. The van der Waals surface area contributed by atoms with Crippen LogP contribution in [0.1, 0.15) is 53.5 Å². The molecule has 0 N–H and O–H groups in total. The molecule has 3 heterocycles. The Hall–Kier alpha value is -3.07. The summed E-state index contributed by atoms with van der Waals surface area (Å²) in [4.78, 5) is 3.43. The van der Waals surface area contributed by atoms with Gasteiger partial charge in [0.25, 0.3) is 0 Å². The first kappa shape index (κ1) is 27.1. The van der Waals surface area contributed by atoms with E-state index in [2.05, 4.69) is 17.9 Å². The monoisotopic (exact) mass is 567 g/mol. The maximum absolute atomic E-state index is 13.0. The van der Waals surface area contributed by atoms with Crippen LogP contribution in [-0.4, -0.2) is 31.1 Å². The van der Waals surface area contributed by atoms with E-state index in [1.807, 2.05) is 43.3 Å². The number of halogens is 3. The van der Waals surface area contributed by atoms with Gasteiger partial charge in [0, 0.05) is 23.2 Å². The lowest BCUT2D eigenvalue weighted by Crippen LogP contribution is -2.22. The summed E-state index contributed by atoms with van der Waals surface area (Å²) in [6, 6.07) is 19.1. The lowest BCUT2D eigenvalue weighted by atomic mass is 10.1. The first-order valence-electron chi connectivity index (χ1n) is 13.7. The van der Waals surface area contributed by atoms with Gasteiger partial charge < -0.3 is 19.1 Å². The molecule has 0 spiro atoms. The van der Waals surface area contributed by atoms with Gasteiger partial charge in [-0.2, -0.15) is 13.2 Å². The number of likely N-dealkylation sites (tertiary alicyclic amines) is 1. The van der Waals surface area contributed by atoms with Crippen molar-refractivity contribution in [3.05, 3.63) is 88.3 Å². The number of ether oxygens (including phenoxy) is 3. The van der Waals surface area contributed by atoms with Gasteiger partial charge in [-0.1, -0.05) is 25.1 Å². The van der Waals surface area contributed by atoms with E-state index in [4.69, 9.17) is 14.2 Å². The molecule has 3 atom stereocenters. The van der Waals surface area contributed by atoms with E-state index in [0.29, 0.717) is 12.4 Å². The fraction of sp³-hybridized carbons (Fsp3) is 0.375. The zero-order valence-corrected chi connectivity index (χ0v) is 23.4. The molecular weight excluding hydrogens is 535 g/mol. The highest BCUT2D eigenvalue weighted by atomic mass is 32.1. The zero-order chi connectivity index (χ0) is 27.9. The minimum absolute atomic E-state index is 0.273. The Balaban J connectivity index is 1.14. The van der Waals surface area contributed by atoms with E-state index in [0.717, 1.165) is 68.6 Å². The molecular formula is C32H32F3NO3S. The third kappa shape index (κ3) is 5.99. The highest BCUT2D eigenvalue weighted by molar-refractivity contribution is 7.19. The van der Waals surface area contributed by atoms with Gasteiger partial charge in [-0.05, 0) is 91.9 Å². The summed E-state index contributed by atoms with van der Waals surface area (Å²) in [7, 11) is 0. The number of rotatable bonds is 9. The zero-order valence-electron chi connectivity index (χ0n) is 22.5. The van der Waals surface area contributed by atoms with E-state index in [9.17, 15) is 13.2 Å². The third-order valence-electron chi connectivity index (χ3n) is 7.58. The van der Waals surface area contributed by atoms with Gasteiger partial charge in [-0.15, -0.1) is 11.3 Å². The number of hydrogen-bond acceptors (Lipinski definition) is 5. The Bertz CT molecular complexity index is 1470. The number of hydrogen-bond donors (Lipinski definition) is 0. The number of thiophene rings is 1. The van der Waals surface area contributed by atoms with Crippen LogP contribution < -0.4 is 9.47 Å². The molecule has 210 valence electrons. The second-order valence-corrected chi connectivity index (χ2v) is 11.9. The lowest BCUT2D eigenvalue weighted by molar-refractivity contribution is -0.137. The molecule has 1 aromatic heterocycles. The molecule has 4 aromatic rings. The molecule has 6 rings (SSSR count). The molecule has 3 aromatic carbocycles. The van der Waals surface area contributed by atoms with Crippen molar-refractivity contribution in [2.75, 3.05) is 26.2 Å². The van der Waals surface area contributed by atoms with Crippen LogP contribution in [0, 0.1) is 12.8 Å². The number of fused-ring (bicyclic) bond motifs is 1. The van der Waals surface area contributed by atoms with Crippen LogP contribution in [0.3, 0.4) is 0 Å². The molecule has 2 unspecified atom stereocenters. The molecule has 8 heteroatoms. The average Bonchev–Trinajstić information content (AvgIpc) is 3.50. The smallest absolute Gasteiger partial charge is 0.416 e. The summed E-state index contributed by atoms with van der Waals surface area (Å²) in [6.45, 7) is 8.45. The summed E-state index contributed by atoms with van der Waals surface area (Å²) in [5.41, 5.74) is 1.20. The van der Waals surface area contributed by atoms with Gasteiger partial charge in [0.05, 0.1) is 17.0 Å². The molecule has 0 aliphatic carbocycles. The second kappa shape index (κ2) is 11.1. The highest BCUT2D eigenvalue weighted by Crippen LogP contribution is 2.58. The van der Waals surface area contributed by atoms with Gasteiger partial charge >= 0.3 is 6.18 Å². The number of aryl methyl sites for hydroxylation is 1. The van der Waals surface area contributed by atoms with Gasteiger partial charge in [0.2, 0.25) is 0 Å². The summed E-state index contributed by atoms with van der Waals surface area (Å²) in [6.07, 6.45) is -2.66. The molecule has 0 saturated carbocycles. The average molecular weight is 568 g/mol. The van der Waals surface area contributed by atoms with Crippen molar-refractivity contribution in [1.82, 2.24) is 4.90 Å². The third-order valence-corrected chi connectivity index (χ3v) is 8.78. The topological polar surface area (TPSA) is 34.2 Å². The molecule has 4 nitrogen and oxygen atoms in total. The largest absolute Gasteiger partial charge is 0.494 e. The van der Waals surface area contributed by atoms with Crippen molar-refractivity contribution in [1.29, 1.82) is 0 Å². The van der Waals surface area contributed by atoms with Crippen LogP contribution in [0.5, 0.6) is 17.2 Å². The summed E-state index contributed by atoms with van der Waals surface area (Å²) >= 11 is 1.60. The maximum Gasteiger partial charge on any atom is 0.416 e. The van der Waals surface area contributed by atoms with Crippen LogP contribution >= 0.6 is 11.3 Å². The molecule has 2 saturated heterocycles. The van der Waals surface area contributed by atoms with Crippen molar-refractivity contribution >= 4 is 21.4 Å². The second-order valence-electron chi connectivity index (χ2n) is 10.9. The molecule has 40 heavy (non-hydrogen) atoms. The number of epoxide rings is 1. The number of nitrogens with zero attached hydrogens (tertiary/aromatic N) is 1. The van der Waals surface area contributed by atoms with Crippen molar-refractivity contribution in [2.24, 2.45) is 5.92 Å². The molecule has 2 aliphatic heterocycles. The SMILES string of the molecule is Cc1ccc2c(Oc3ccc(OCCCN4CC[C@@H](C)C4)cc3)c(C3OC3c3ccc(C(F)(F)F)cc3)sc2c1. The van der Waals surface area contributed by atoms with Crippen LogP contribution in [0.25, 0.3) is 10.1 Å². The van der Waals surface area contributed by atoms with Crippen molar-refractivity contribution in [2.45, 2.75) is 45.1 Å². The standard InChI is InChI=1S/C32H32F3NO3S/c1-20-4-13-26-27(18-20)40-31(30-28(39-30)22-5-7-23(8-6-22)32(33,34)35)29(26)38-25-11-9-24(10-12-25)37-17-3-15-36-16-14-21(2)19-36/h4-13,18,21,28,30H,3,14-17,19H2,1-2H3/t21-,28?,30?/m1/s1. The Morgan fingerprint density at radius 2 is 1.73 bits per heavy atom. The minimum atomic E-state index is -4.36. The Morgan fingerprint density at radius 1 is 0.975 bits per heavy atom. The van der Waals surface area contributed by atoms with Crippen molar-refractivity contribution in [3.63, 3.8) is 0 Å². The quantitative estimate of drug-likeness (QED) is 0.149. The van der Waals surface area contributed by atoms with Gasteiger partial charge in [0.1, 0.15) is 23.7 Å². The van der Waals surface area contributed by atoms with Crippen LogP contribution in [-0.2, 0) is 10.9 Å². The first-order valence-corrected chi connectivity index (χ1v) is 14.5. The van der Waals surface area contributed by atoms with Gasteiger partial charge in [-0.3, -0.25) is 0 Å². The fourth-order valence-corrected chi connectivity index (χ4v) is 6.64. The van der Waals surface area contributed by atoms with Crippen molar-refractivity contribution < 1.29 is 27.4 Å². The first-order chi connectivity index (χ1) is 19.2. The predicted octanol–water partition coefficient (Wildman–Crippen LogP) is 8.94. The summed E-state index contributed by atoms with van der Waals surface area (Å²) < 4.78 is 58.5. The Kier molecular flexibility index (Phi) is 7.50. The Labute approximate surface area is 236 Å². The highest BCUT2D eigenvalue weighted by Gasteiger charge is 2.45. The minimum Gasteiger partial charge on any atom is -0.494 e. The maximum atomic E-state index is 13.0. The fourth-order valence-electron chi connectivity index (χ4n) is 5.35. The molecule has 2 fully saturated rings.